The Morgan fingerprint density at radius 1 is 1.20 bits per heavy atom. The molecule has 0 saturated carbocycles. The highest BCUT2D eigenvalue weighted by molar-refractivity contribution is 6.00. The van der Waals surface area contributed by atoms with Crippen LogP contribution >= 0.6 is 0 Å². The maximum Gasteiger partial charge on any atom is 0.170 e. The minimum absolute atomic E-state index is 0.0635. The monoisotopic (exact) mass is 336 g/mol. The summed E-state index contributed by atoms with van der Waals surface area (Å²) in [6, 6.07) is 11.7. The first-order valence-electron chi connectivity index (χ1n) is 8.65. The van der Waals surface area contributed by atoms with Crippen LogP contribution in [-0.2, 0) is 13.0 Å². The smallest absolute Gasteiger partial charge is 0.170 e. The summed E-state index contributed by atoms with van der Waals surface area (Å²) in [6.45, 7) is 6.05. The van der Waals surface area contributed by atoms with Gasteiger partial charge in [0.1, 0.15) is 11.9 Å². The SMILES string of the molecule is CC(C)=CCc1c(CO)ccc2c1O[C@H](c1ccc(C)cc1)CC2=O. The molecule has 130 valence electrons. The molecule has 0 spiro atoms. The van der Waals surface area contributed by atoms with E-state index in [-0.39, 0.29) is 18.5 Å². The van der Waals surface area contributed by atoms with E-state index in [0.29, 0.717) is 24.2 Å². The molecular weight excluding hydrogens is 312 g/mol. The maximum absolute atomic E-state index is 12.7. The average molecular weight is 336 g/mol. The van der Waals surface area contributed by atoms with Crippen molar-refractivity contribution in [2.75, 3.05) is 0 Å². The topological polar surface area (TPSA) is 46.5 Å². The predicted molar refractivity (Wildman–Crippen MR) is 99.0 cm³/mol. The normalized spacial score (nSPS) is 16.2. The zero-order valence-corrected chi connectivity index (χ0v) is 15.0. The molecule has 25 heavy (non-hydrogen) atoms. The van der Waals surface area contributed by atoms with Gasteiger partial charge in [0, 0.05) is 5.56 Å². The van der Waals surface area contributed by atoms with Crippen LogP contribution in [0.25, 0.3) is 0 Å². The molecular formula is C22H24O3. The van der Waals surface area contributed by atoms with Crippen molar-refractivity contribution in [2.24, 2.45) is 0 Å². The molecule has 3 heteroatoms. The molecule has 0 radical (unpaired) electrons. The highest BCUT2D eigenvalue weighted by Gasteiger charge is 2.30. The summed E-state index contributed by atoms with van der Waals surface area (Å²) in [4.78, 5) is 12.7. The van der Waals surface area contributed by atoms with E-state index >= 15 is 0 Å². The van der Waals surface area contributed by atoms with E-state index in [9.17, 15) is 9.90 Å². The van der Waals surface area contributed by atoms with E-state index in [1.54, 1.807) is 6.07 Å². The first-order valence-corrected chi connectivity index (χ1v) is 8.65. The number of ketones is 1. The summed E-state index contributed by atoms with van der Waals surface area (Å²) >= 11 is 0. The number of aryl methyl sites for hydroxylation is 1. The van der Waals surface area contributed by atoms with Gasteiger partial charge >= 0.3 is 0 Å². The third-order valence-corrected chi connectivity index (χ3v) is 4.62. The molecule has 2 aromatic carbocycles. The van der Waals surface area contributed by atoms with E-state index in [1.807, 2.05) is 51.1 Å². The molecule has 0 unspecified atom stereocenters. The number of rotatable bonds is 4. The van der Waals surface area contributed by atoms with Crippen molar-refractivity contribution in [2.45, 2.75) is 46.3 Å². The van der Waals surface area contributed by atoms with Gasteiger partial charge in [0.2, 0.25) is 0 Å². The Morgan fingerprint density at radius 2 is 1.92 bits per heavy atom. The van der Waals surface area contributed by atoms with Crippen LogP contribution in [0.3, 0.4) is 0 Å². The van der Waals surface area contributed by atoms with Gasteiger partial charge in [-0.25, -0.2) is 0 Å². The second-order valence-corrected chi connectivity index (χ2v) is 6.87. The van der Waals surface area contributed by atoms with Crippen LogP contribution in [0.5, 0.6) is 5.75 Å². The summed E-state index contributed by atoms with van der Waals surface area (Å²) in [5, 5.41) is 9.70. The lowest BCUT2D eigenvalue weighted by molar-refractivity contribution is 0.0847. The lowest BCUT2D eigenvalue weighted by Gasteiger charge is -2.28. The molecule has 1 aliphatic heterocycles. The fraction of sp³-hybridized carbons (Fsp3) is 0.318. The van der Waals surface area contributed by atoms with Gasteiger partial charge in [0.05, 0.1) is 18.6 Å². The Labute approximate surface area is 149 Å². The number of carbonyl (C=O) groups is 1. The number of ether oxygens (including phenoxy) is 1. The third-order valence-electron chi connectivity index (χ3n) is 4.62. The number of aliphatic hydroxyl groups is 1. The molecule has 1 atom stereocenters. The van der Waals surface area contributed by atoms with Crippen molar-refractivity contribution in [1.82, 2.24) is 0 Å². The van der Waals surface area contributed by atoms with Crippen LogP contribution in [-0.4, -0.2) is 10.9 Å². The summed E-state index contributed by atoms with van der Waals surface area (Å²) in [5.41, 5.74) is 5.72. The number of aliphatic hydroxyl groups excluding tert-OH is 1. The largest absolute Gasteiger partial charge is 0.484 e. The van der Waals surface area contributed by atoms with Crippen LogP contribution in [0, 0.1) is 6.92 Å². The lowest BCUT2D eigenvalue weighted by atomic mass is 9.91. The average Bonchev–Trinajstić information content (AvgIpc) is 2.60. The van der Waals surface area contributed by atoms with Crippen molar-refractivity contribution in [3.05, 3.63) is 75.9 Å². The molecule has 2 aromatic rings. The zero-order valence-electron chi connectivity index (χ0n) is 15.0. The number of carbonyl (C=O) groups excluding carboxylic acids is 1. The minimum atomic E-state index is -0.278. The molecule has 1 heterocycles. The van der Waals surface area contributed by atoms with Crippen LogP contribution < -0.4 is 4.74 Å². The van der Waals surface area contributed by atoms with Gasteiger partial charge in [-0.3, -0.25) is 4.79 Å². The summed E-state index contributed by atoms with van der Waals surface area (Å²) in [6.07, 6.45) is 2.81. The quantitative estimate of drug-likeness (QED) is 0.823. The van der Waals surface area contributed by atoms with Gasteiger partial charge in [-0.15, -0.1) is 0 Å². The first kappa shape index (κ1) is 17.4. The number of hydrogen-bond donors (Lipinski definition) is 1. The molecule has 1 aliphatic rings. The van der Waals surface area contributed by atoms with Crippen LogP contribution in [0.2, 0.25) is 0 Å². The van der Waals surface area contributed by atoms with Crippen LogP contribution in [0.4, 0.5) is 0 Å². The fourth-order valence-corrected chi connectivity index (χ4v) is 3.13. The maximum atomic E-state index is 12.7. The summed E-state index contributed by atoms with van der Waals surface area (Å²) in [5.74, 6) is 0.723. The molecule has 0 aliphatic carbocycles. The number of hydrogen-bond acceptors (Lipinski definition) is 3. The third kappa shape index (κ3) is 3.67. The Bertz CT molecular complexity index is 812. The highest BCUT2D eigenvalue weighted by Crippen LogP contribution is 2.39. The van der Waals surface area contributed by atoms with Crippen molar-refractivity contribution in [1.29, 1.82) is 0 Å². The minimum Gasteiger partial charge on any atom is -0.484 e. The van der Waals surface area contributed by atoms with Crippen molar-refractivity contribution in [3.8, 4) is 5.75 Å². The molecule has 0 saturated heterocycles. The van der Waals surface area contributed by atoms with Gasteiger partial charge in [0.15, 0.2) is 5.78 Å². The van der Waals surface area contributed by atoms with E-state index in [1.165, 1.54) is 11.1 Å². The second kappa shape index (κ2) is 7.24. The number of allylic oxidation sites excluding steroid dienone is 2. The standard InChI is InChI=1S/C22H24O3/c1-14(2)4-10-18-17(13-23)9-11-19-20(24)12-21(25-22(18)19)16-7-5-15(3)6-8-16/h4-9,11,21,23H,10,12-13H2,1-3H3/t21-/m0/s1. The van der Waals surface area contributed by atoms with E-state index < -0.39 is 0 Å². The Hall–Kier alpha value is -2.39. The fourth-order valence-electron chi connectivity index (χ4n) is 3.13. The van der Waals surface area contributed by atoms with Gasteiger partial charge in [0.25, 0.3) is 0 Å². The number of fused-ring (bicyclic) bond motifs is 1. The van der Waals surface area contributed by atoms with E-state index in [0.717, 1.165) is 16.7 Å². The van der Waals surface area contributed by atoms with Crippen molar-refractivity contribution < 1.29 is 14.6 Å². The molecule has 0 fully saturated rings. The molecule has 0 aromatic heterocycles. The molecule has 0 bridgehead atoms. The van der Waals surface area contributed by atoms with Crippen molar-refractivity contribution >= 4 is 5.78 Å². The predicted octanol–water partition coefficient (Wildman–Crippen LogP) is 4.70. The van der Waals surface area contributed by atoms with Crippen LogP contribution in [0.1, 0.15) is 59.0 Å². The molecule has 3 nitrogen and oxygen atoms in total. The van der Waals surface area contributed by atoms with E-state index in [4.69, 9.17) is 4.74 Å². The lowest BCUT2D eigenvalue weighted by Crippen LogP contribution is -2.22. The molecule has 1 N–H and O–H groups in total. The summed E-state index contributed by atoms with van der Waals surface area (Å²) < 4.78 is 6.27. The highest BCUT2D eigenvalue weighted by atomic mass is 16.5. The molecule has 3 rings (SSSR count). The number of Topliss-reactive ketones (excluding diaryl/α,β-unsaturated/α-hetero) is 1. The van der Waals surface area contributed by atoms with Gasteiger partial charge in [-0.05, 0) is 44.4 Å². The zero-order chi connectivity index (χ0) is 18.0. The van der Waals surface area contributed by atoms with Crippen molar-refractivity contribution in [3.63, 3.8) is 0 Å². The second-order valence-electron chi connectivity index (χ2n) is 6.87. The van der Waals surface area contributed by atoms with Gasteiger partial charge in [-0.2, -0.15) is 0 Å². The first-order chi connectivity index (χ1) is 12.0. The van der Waals surface area contributed by atoms with E-state index in [2.05, 4.69) is 6.08 Å². The number of benzene rings is 2. The molecule has 0 amide bonds. The Kier molecular flexibility index (Phi) is 5.05. The van der Waals surface area contributed by atoms with Gasteiger partial charge in [-0.1, -0.05) is 47.5 Å². The Balaban J connectivity index is 2.03. The summed E-state index contributed by atoms with van der Waals surface area (Å²) in [7, 11) is 0. The van der Waals surface area contributed by atoms with Crippen LogP contribution in [0.15, 0.2) is 48.0 Å². The Morgan fingerprint density at radius 3 is 2.56 bits per heavy atom. The van der Waals surface area contributed by atoms with Gasteiger partial charge < -0.3 is 9.84 Å².